The maximum atomic E-state index is 11.8. The van der Waals surface area contributed by atoms with Gasteiger partial charge >= 0.3 is 0 Å². The molecular formula is C12H11ClN2O2. The Bertz CT molecular complexity index is 563. The SMILES string of the molecule is Cc1ccc(C(=O)Nc2ccc(Cl)cc2N)o1. The van der Waals surface area contributed by atoms with Crippen molar-refractivity contribution in [2.24, 2.45) is 0 Å². The zero-order valence-corrected chi connectivity index (χ0v) is 9.91. The van der Waals surface area contributed by atoms with Gasteiger partial charge in [-0.15, -0.1) is 0 Å². The predicted octanol–water partition coefficient (Wildman–Crippen LogP) is 3.08. The number of hydrogen-bond donors (Lipinski definition) is 2. The summed E-state index contributed by atoms with van der Waals surface area (Å²) in [4.78, 5) is 11.8. The molecule has 0 radical (unpaired) electrons. The lowest BCUT2D eigenvalue weighted by molar-refractivity contribution is 0.0995. The first-order valence-corrected chi connectivity index (χ1v) is 5.37. The summed E-state index contributed by atoms with van der Waals surface area (Å²) in [7, 11) is 0. The number of rotatable bonds is 2. The fourth-order valence-electron chi connectivity index (χ4n) is 1.39. The Hall–Kier alpha value is -1.94. The first-order valence-electron chi connectivity index (χ1n) is 4.99. The highest BCUT2D eigenvalue weighted by Crippen LogP contribution is 2.23. The molecule has 88 valence electrons. The van der Waals surface area contributed by atoms with Gasteiger partial charge in [0, 0.05) is 5.02 Å². The molecule has 4 nitrogen and oxygen atoms in total. The number of nitrogens with one attached hydrogen (secondary N) is 1. The van der Waals surface area contributed by atoms with Gasteiger partial charge in [0.15, 0.2) is 5.76 Å². The number of carbonyl (C=O) groups is 1. The number of hydrogen-bond acceptors (Lipinski definition) is 3. The molecular weight excluding hydrogens is 240 g/mol. The molecule has 1 aromatic heterocycles. The summed E-state index contributed by atoms with van der Waals surface area (Å²) in [6.45, 7) is 1.77. The van der Waals surface area contributed by atoms with E-state index < -0.39 is 0 Å². The first-order chi connectivity index (χ1) is 8.06. The highest BCUT2D eigenvalue weighted by Gasteiger charge is 2.11. The van der Waals surface area contributed by atoms with E-state index in [-0.39, 0.29) is 11.7 Å². The van der Waals surface area contributed by atoms with E-state index in [0.717, 1.165) is 0 Å². The second kappa shape index (κ2) is 4.51. The number of aryl methyl sites for hydroxylation is 1. The predicted molar refractivity (Wildman–Crippen MR) is 67.3 cm³/mol. The molecule has 0 aliphatic rings. The average Bonchev–Trinajstić information content (AvgIpc) is 2.69. The van der Waals surface area contributed by atoms with Gasteiger partial charge in [-0.2, -0.15) is 0 Å². The highest BCUT2D eigenvalue weighted by molar-refractivity contribution is 6.31. The van der Waals surface area contributed by atoms with Crippen molar-refractivity contribution in [1.82, 2.24) is 0 Å². The zero-order valence-electron chi connectivity index (χ0n) is 9.16. The van der Waals surface area contributed by atoms with Gasteiger partial charge in [0.2, 0.25) is 0 Å². The summed E-state index contributed by atoms with van der Waals surface area (Å²) in [5.41, 5.74) is 6.64. The molecule has 17 heavy (non-hydrogen) atoms. The minimum Gasteiger partial charge on any atom is -0.456 e. The largest absolute Gasteiger partial charge is 0.456 e. The smallest absolute Gasteiger partial charge is 0.291 e. The summed E-state index contributed by atoms with van der Waals surface area (Å²) >= 11 is 5.76. The monoisotopic (exact) mass is 250 g/mol. The lowest BCUT2D eigenvalue weighted by Gasteiger charge is -2.06. The van der Waals surface area contributed by atoms with E-state index in [1.165, 1.54) is 0 Å². The number of halogens is 1. The van der Waals surface area contributed by atoms with Gasteiger partial charge in [-0.25, -0.2) is 0 Å². The van der Waals surface area contributed by atoms with Gasteiger partial charge in [-0.05, 0) is 37.3 Å². The molecule has 0 unspecified atom stereocenters. The van der Waals surface area contributed by atoms with Gasteiger partial charge in [0.05, 0.1) is 11.4 Å². The Morgan fingerprint density at radius 3 is 2.71 bits per heavy atom. The van der Waals surface area contributed by atoms with Crippen LogP contribution in [0.1, 0.15) is 16.3 Å². The molecule has 0 saturated carbocycles. The molecule has 2 rings (SSSR count). The van der Waals surface area contributed by atoms with Crippen molar-refractivity contribution in [3.05, 3.63) is 46.9 Å². The van der Waals surface area contributed by atoms with Crippen molar-refractivity contribution in [2.75, 3.05) is 11.1 Å². The van der Waals surface area contributed by atoms with E-state index in [9.17, 15) is 4.79 Å². The lowest BCUT2D eigenvalue weighted by atomic mass is 10.2. The molecule has 5 heteroatoms. The van der Waals surface area contributed by atoms with Crippen molar-refractivity contribution >= 4 is 28.9 Å². The Labute approximate surface area is 103 Å². The zero-order chi connectivity index (χ0) is 12.4. The molecule has 1 aromatic carbocycles. The Morgan fingerprint density at radius 2 is 2.12 bits per heavy atom. The second-order valence-electron chi connectivity index (χ2n) is 3.60. The third-order valence-corrected chi connectivity index (χ3v) is 2.46. The molecule has 0 fully saturated rings. The van der Waals surface area contributed by atoms with E-state index in [4.69, 9.17) is 21.8 Å². The van der Waals surface area contributed by atoms with Crippen LogP contribution in [0.2, 0.25) is 5.02 Å². The summed E-state index contributed by atoms with van der Waals surface area (Å²) < 4.78 is 5.20. The average molecular weight is 251 g/mol. The number of amides is 1. The van der Waals surface area contributed by atoms with Crippen molar-refractivity contribution in [1.29, 1.82) is 0 Å². The van der Waals surface area contributed by atoms with Crippen LogP contribution in [-0.4, -0.2) is 5.91 Å². The lowest BCUT2D eigenvalue weighted by Crippen LogP contribution is -2.12. The topological polar surface area (TPSA) is 68.3 Å². The van der Waals surface area contributed by atoms with Gasteiger partial charge in [0.1, 0.15) is 5.76 Å². The van der Waals surface area contributed by atoms with Gasteiger partial charge < -0.3 is 15.5 Å². The van der Waals surface area contributed by atoms with E-state index in [0.29, 0.717) is 22.2 Å². The summed E-state index contributed by atoms with van der Waals surface area (Å²) in [6, 6.07) is 8.20. The minimum absolute atomic E-state index is 0.247. The van der Waals surface area contributed by atoms with Crippen LogP contribution < -0.4 is 11.1 Å². The molecule has 0 bridgehead atoms. The van der Waals surface area contributed by atoms with Crippen molar-refractivity contribution in [3.8, 4) is 0 Å². The van der Waals surface area contributed by atoms with Crippen LogP contribution in [0.3, 0.4) is 0 Å². The van der Waals surface area contributed by atoms with Gasteiger partial charge in [-0.3, -0.25) is 4.79 Å². The fraction of sp³-hybridized carbons (Fsp3) is 0.0833. The standard InChI is InChI=1S/C12H11ClN2O2/c1-7-2-5-11(17-7)12(16)15-10-4-3-8(13)6-9(10)14/h2-6H,14H2,1H3,(H,15,16). The normalized spacial score (nSPS) is 10.2. The van der Waals surface area contributed by atoms with Crippen LogP contribution in [0.25, 0.3) is 0 Å². The number of nitrogen functional groups attached to an aromatic ring is 1. The van der Waals surface area contributed by atoms with Crippen molar-refractivity contribution < 1.29 is 9.21 Å². The Kier molecular flexibility index (Phi) is 3.06. The molecule has 0 aliphatic carbocycles. The van der Waals surface area contributed by atoms with Crippen LogP contribution in [0.5, 0.6) is 0 Å². The molecule has 0 saturated heterocycles. The number of nitrogens with two attached hydrogens (primary N) is 1. The Balaban J connectivity index is 2.18. The molecule has 0 spiro atoms. The molecule has 3 N–H and O–H groups in total. The third-order valence-electron chi connectivity index (χ3n) is 2.23. The van der Waals surface area contributed by atoms with Crippen molar-refractivity contribution in [2.45, 2.75) is 6.92 Å². The maximum Gasteiger partial charge on any atom is 0.291 e. The fourth-order valence-corrected chi connectivity index (χ4v) is 1.57. The Morgan fingerprint density at radius 1 is 1.35 bits per heavy atom. The van der Waals surface area contributed by atoms with Crippen LogP contribution >= 0.6 is 11.6 Å². The third kappa shape index (κ3) is 2.60. The maximum absolute atomic E-state index is 11.8. The number of furan rings is 1. The van der Waals surface area contributed by atoms with E-state index in [1.807, 2.05) is 0 Å². The molecule has 1 heterocycles. The van der Waals surface area contributed by atoms with Crippen molar-refractivity contribution in [3.63, 3.8) is 0 Å². The first kappa shape index (κ1) is 11.5. The molecule has 1 amide bonds. The van der Waals surface area contributed by atoms with E-state index in [1.54, 1.807) is 37.3 Å². The van der Waals surface area contributed by atoms with Crippen LogP contribution in [0.15, 0.2) is 34.7 Å². The van der Waals surface area contributed by atoms with Gasteiger partial charge in [0.25, 0.3) is 5.91 Å². The van der Waals surface area contributed by atoms with E-state index >= 15 is 0 Å². The van der Waals surface area contributed by atoms with Crippen LogP contribution in [-0.2, 0) is 0 Å². The molecule has 2 aromatic rings. The summed E-state index contributed by atoms with van der Waals surface area (Å²) in [5.74, 6) is 0.586. The molecule has 0 aliphatic heterocycles. The number of anilines is 2. The summed E-state index contributed by atoms with van der Waals surface area (Å²) in [5, 5.41) is 3.17. The van der Waals surface area contributed by atoms with E-state index in [2.05, 4.69) is 5.32 Å². The molecule has 0 atom stereocenters. The second-order valence-corrected chi connectivity index (χ2v) is 4.03. The quantitative estimate of drug-likeness (QED) is 0.805. The number of carbonyl (C=O) groups excluding carboxylic acids is 1. The summed E-state index contributed by atoms with van der Waals surface area (Å²) in [6.07, 6.45) is 0. The van der Waals surface area contributed by atoms with Gasteiger partial charge in [-0.1, -0.05) is 11.6 Å². The van der Waals surface area contributed by atoms with Crippen LogP contribution in [0, 0.1) is 6.92 Å². The van der Waals surface area contributed by atoms with Crippen LogP contribution in [0.4, 0.5) is 11.4 Å². The minimum atomic E-state index is -0.341. The number of benzene rings is 1. The highest BCUT2D eigenvalue weighted by atomic mass is 35.5.